The minimum atomic E-state index is -0.330. The molecule has 2 aliphatic carbocycles. The van der Waals surface area contributed by atoms with E-state index < -0.39 is 0 Å². The Morgan fingerprint density at radius 3 is 2.60 bits per heavy atom. The highest BCUT2D eigenvalue weighted by atomic mass is 16.7. The smallest absolute Gasteiger partial charge is 0.243 e. The molecule has 142 valence electrons. The molecule has 7 heteroatoms. The van der Waals surface area contributed by atoms with Gasteiger partial charge in [-0.1, -0.05) is 12.8 Å². The summed E-state index contributed by atoms with van der Waals surface area (Å²) in [5, 5.41) is 6.82. The van der Waals surface area contributed by atoms with E-state index >= 15 is 0 Å². The maximum atomic E-state index is 11.8. The van der Waals surface area contributed by atoms with Crippen LogP contribution < -0.4 is 10.6 Å². The van der Waals surface area contributed by atoms with Crippen molar-refractivity contribution in [2.75, 3.05) is 33.8 Å². The first-order valence-corrected chi connectivity index (χ1v) is 9.63. The molecule has 1 atom stereocenters. The maximum Gasteiger partial charge on any atom is 0.243 e. The van der Waals surface area contributed by atoms with Crippen molar-refractivity contribution in [3.8, 4) is 0 Å². The lowest BCUT2D eigenvalue weighted by molar-refractivity contribution is -0.160. The van der Waals surface area contributed by atoms with E-state index in [4.69, 9.17) is 9.47 Å². The first-order chi connectivity index (χ1) is 12.1. The Bertz CT molecular complexity index is 483. The van der Waals surface area contributed by atoms with Crippen molar-refractivity contribution in [3.05, 3.63) is 0 Å². The second-order valence-electron chi connectivity index (χ2n) is 7.63. The maximum absolute atomic E-state index is 11.8. The van der Waals surface area contributed by atoms with Gasteiger partial charge >= 0.3 is 0 Å². The number of guanidine groups is 1. The molecule has 3 rings (SSSR count). The van der Waals surface area contributed by atoms with E-state index in [-0.39, 0.29) is 24.3 Å². The van der Waals surface area contributed by atoms with Gasteiger partial charge in [-0.25, -0.2) is 4.99 Å². The predicted octanol–water partition coefficient (Wildman–Crippen LogP) is 1.24. The molecular weight excluding hydrogens is 320 g/mol. The summed E-state index contributed by atoms with van der Waals surface area (Å²) in [6.07, 6.45) is 9.24. The van der Waals surface area contributed by atoms with Crippen LogP contribution in [0, 0.1) is 0 Å². The third-order valence-corrected chi connectivity index (χ3v) is 5.34. The van der Waals surface area contributed by atoms with Gasteiger partial charge in [0.1, 0.15) is 12.6 Å². The van der Waals surface area contributed by atoms with Crippen LogP contribution in [-0.4, -0.2) is 68.5 Å². The Morgan fingerprint density at radius 2 is 1.92 bits per heavy atom. The summed E-state index contributed by atoms with van der Waals surface area (Å²) in [4.78, 5) is 17.9. The van der Waals surface area contributed by atoms with Gasteiger partial charge in [-0.3, -0.25) is 4.79 Å². The largest absolute Gasteiger partial charge is 0.354 e. The van der Waals surface area contributed by atoms with Crippen LogP contribution in [0.5, 0.6) is 0 Å². The fourth-order valence-corrected chi connectivity index (χ4v) is 3.81. The number of nitrogens with one attached hydrogen (secondary N) is 2. The highest BCUT2D eigenvalue weighted by Crippen LogP contribution is 2.38. The zero-order chi connectivity index (χ0) is 17.7. The zero-order valence-corrected chi connectivity index (χ0v) is 15.6. The van der Waals surface area contributed by atoms with Crippen LogP contribution in [0.25, 0.3) is 0 Å². The Balaban J connectivity index is 1.51. The van der Waals surface area contributed by atoms with E-state index in [1.165, 1.54) is 25.7 Å². The van der Waals surface area contributed by atoms with Crippen molar-refractivity contribution in [1.82, 2.24) is 15.5 Å². The highest BCUT2D eigenvalue weighted by molar-refractivity contribution is 5.85. The summed E-state index contributed by atoms with van der Waals surface area (Å²) in [5.74, 6) is 0.375. The number of likely N-dealkylation sites (N-methyl/N-ethyl adjacent to an activating group) is 1. The second kappa shape index (κ2) is 8.36. The number of hydrogen-bond donors (Lipinski definition) is 2. The van der Waals surface area contributed by atoms with E-state index in [1.807, 2.05) is 0 Å². The molecule has 1 heterocycles. The molecule has 1 spiro atoms. The lowest BCUT2D eigenvalue weighted by Gasteiger charge is -2.23. The summed E-state index contributed by atoms with van der Waals surface area (Å²) in [5.41, 5.74) is 0. The van der Waals surface area contributed by atoms with E-state index in [0.29, 0.717) is 25.2 Å². The van der Waals surface area contributed by atoms with Gasteiger partial charge in [0.15, 0.2) is 11.7 Å². The monoisotopic (exact) mass is 352 g/mol. The summed E-state index contributed by atoms with van der Waals surface area (Å²) >= 11 is 0. The molecule has 0 aromatic rings. The van der Waals surface area contributed by atoms with Crippen LogP contribution in [0.15, 0.2) is 4.99 Å². The van der Waals surface area contributed by atoms with E-state index in [1.54, 1.807) is 19.0 Å². The molecule has 7 nitrogen and oxygen atoms in total. The minimum Gasteiger partial charge on any atom is -0.354 e. The molecule has 1 unspecified atom stereocenters. The van der Waals surface area contributed by atoms with Gasteiger partial charge < -0.3 is 25.0 Å². The van der Waals surface area contributed by atoms with Gasteiger partial charge in [-0.2, -0.15) is 0 Å². The average Bonchev–Trinajstić information content (AvgIpc) is 3.34. The van der Waals surface area contributed by atoms with Crippen LogP contribution in [0.1, 0.15) is 51.4 Å². The first-order valence-electron chi connectivity index (χ1n) is 9.63. The number of nitrogens with zero attached hydrogens (tertiary/aromatic N) is 2. The van der Waals surface area contributed by atoms with Gasteiger partial charge in [0, 0.05) is 39.5 Å². The third-order valence-electron chi connectivity index (χ3n) is 5.34. The van der Waals surface area contributed by atoms with Crippen molar-refractivity contribution < 1.29 is 14.3 Å². The summed E-state index contributed by atoms with van der Waals surface area (Å²) < 4.78 is 12.1. The Labute approximate surface area is 150 Å². The molecule has 0 aromatic heterocycles. The molecular formula is C18H32N4O3. The second-order valence-corrected chi connectivity index (χ2v) is 7.63. The predicted molar refractivity (Wildman–Crippen MR) is 96.4 cm³/mol. The lowest BCUT2D eigenvalue weighted by Crippen LogP contribution is -2.46. The molecule has 3 fully saturated rings. The van der Waals surface area contributed by atoms with E-state index in [0.717, 1.165) is 25.7 Å². The summed E-state index contributed by atoms with van der Waals surface area (Å²) in [6, 6.07) is 0.447. The molecule has 0 radical (unpaired) electrons. The number of hydrogen-bond acceptors (Lipinski definition) is 4. The molecule has 3 aliphatic rings. The van der Waals surface area contributed by atoms with Crippen molar-refractivity contribution in [3.63, 3.8) is 0 Å². The quantitative estimate of drug-likeness (QED) is 0.575. The van der Waals surface area contributed by atoms with Crippen LogP contribution >= 0.6 is 0 Å². The van der Waals surface area contributed by atoms with Crippen LogP contribution in [-0.2, 0) is 14.3 Å². The van der Waals surface area contributed by atoms with Crippen LogP contribution in [0.2, 0.25) is 0 Å². The minimum absolute atomic E-state index is 0.00196. The fourth-order valence-electron chi connectivity index (χ4n) is 3.81. The van der Waals surface area contributed by atoms with E-state index in [2.05, 4.69) is 15.6 Å². The van der Waals surface area contributed by atoms with Gasteiger partial charge in [0.05, 0.1) is 6.61 Å². The summed E-state index contributed by atoms with van der Waals surface area (Å²) in [6.45, 7) is 1.43. The van der Waals surface area contributed by atoms with E-state index in [9.17, 15) is 4.79 Å². The Hall–Kier alpha value is -1.34. The standard InChI is InChI=1S/C18H32N4O3/c1-22(2)16(23)12-20-17(21-14-7-3-4-8-14)19-11-15-13-24-18(25-15)9-5-6-10-18/h14-15H,3-13H2,1-2H3,(H2,19,20,21). The molecule has 0 bridgehead atoms. The number of ether oxygens (including phenoxy) is 2. The number of amides is 1. The molecule has 2 N–H and O–H groups in total. The third kappa shape index (κ3) is 5.07. The van der Waals surface area contributed by atoms with Crippen molar-refractivity contribution in [2.24, 2.45) is 4.99 Å². The van der Waals surface area contributed by atoms with Crippen molar-refractivity contribution in [2.45, 2.75) is 69.3 Å². The van der Waals surface area contributed by atoms with Gasteiger partial charge in [-0.15, -0.1) is 0 Å². The van der Waals surface area contributed by atoms with Crippen molar-refractivity contribution >= 4 is 11.9 Å². The molecule has 1 saturated heterocycles. The molecule has 0 aromatic carbocycles. The molecule has 1 aliphatic heterocycles. The molecule has 1 amide bonds. The average molecular weight is 352 g/mol. The Kier molecular flexibility index (Phi) is 6.17. The number of carbonyl (C=O) groups excluding carboxylic acids is 1. The molecule has 2 saturated carbocycles. The topological polar surface area (TPSA) is 75.2 Å². The Morgan fingerprint density at radius 1 is 1.20 bits per heavy atom. The normalized spacial score (nSPS) is 26.3. The summed E-state index contributed by atoms with van der Waals surface area (Å²) in [7, 11) is 3.50. The lowest BCUT2D eigenvalue weighted by atomic mass is 10.2. The zero-order valence-electron chi connectivity index (χ0n) is 15.6. The number of aliphatic imine (C=N–C) groups is 1. The van der Waals surface area contributed by atoms with Gasteiger partial charge in [-0.05, 0) is 25.7 Å². The highest BCUT2D eigenvalue weighted by Gasteiger charge is 2.43. The van der Waals surface area contributed by atoms with Crippen LogP contribution in [0.3, 0.4) is 0 Å². The first kappa shape index (κ1) is 18.5. The van der Waals surface area contributed by atoms with Gasteiger partial charge in [0.25, 0.3) is 0 Å². The SMILES string of the molecule is CN(C)C(=O)CN=C(NCC1COC2(CCCC2)O1)NC1CCCC1. The number of carbonyl (C=O) groups is 1. The van der Waals surface area contributed by atoms with Gasteiger partial charge in [0.2, 0.25) is 5.91 Å². The number of rotatable bonds is 5. The van der Waals surface area contributed by atoms with Crippen LogP contribution in [0.4, 0.5) is 0 Å². The van der Waals surface area contributed by atoms with Crippen molar-refractivity contribution in [1.29, 1.82) is 0 Å². The fraction of sp³-hybridized carbons (Fsp3) is 0.889. The molecule has 25 heavy (non-hydrogen) atoms.